The van der Waals surface area contributed by atoms with Crippen LogP contribution in [0.4, 0.5) is 0 Å². The van der Waals surface area contributed by atoms with Gasteiger partial charge in [0.1, 0.15) is 11.3 Å². The second-order valence-corrected chi connectivity index (χ2v) is 5.84. The van der Waals surface area contributed by atoms with Gasteiger partial charge in [0, 0.05) is 12.0 Å². The molecule has 0 aliphatic carbocycles. The first-order valence-corrected chi connectivity index (χ1v) is 7.48. The van der Waals surface area contributed by atoms with Crippen molar-refractivity contribution in [3.63, 3.8) is 0 Å². The number of cyclic esters (lactones) is 1. The molecule has 0 spiro atoms. The summed E-state index contributed by atoms with van der Waals surface area (Å²) in [4.78, 5) is 28.2. The van der Waals surface area contributed by atoms with Crippen LogP contribution in [-0.4, -0.2) is 29.0 Å². The van der Waals surface area contributed by atoms with Crippen molar-refractivity contribution < 1.29 is 18.7 Å². The monoisotopic (exact) mass is 314 g/mol. The molecule has 0 bridgehead atoms. The lowest BCUT2D eigenvalue weighted by Crippen LogP contribution is -2.49. The molecule has 1 aliphatic rings. The minimum Gasteiger partial charge on any atom is -0.464 e. The number of aromatic nitrogens is 1. The molecule has 120 valence electrons. The van der Waals surface area contributed by atoms with Gasteiger partial charge in [-0.25, -0.2) is 9.78 Å². The molecule has 1 saturated heterocycles. The van der Waals surface area contributed by atoms with Crippen LogP contribution in [0.5, 0.6) is 0 Å². The number of carbonyl (C=O) groups excluding carboxylic acids is 2. The molecule has 3 rings (SSSR count). The summed E-state index contributed by atoms with van der Waals surface area (Å²) in [6, 6.07) is 9.49. The number of esters is 1. The van der Waals surface area contributed by atoms with E-state index in [2.05, 4.69) is 10.3 Å². The normalized spacial score (nSPS) is 20.3. The summed E-state index contributed by atoms with van der Waals surface area (Å²) in [6.45, 7) is 3.79. The molecule has 1 unspecified atom stereocenters. The lowest BCUT2D eigenvalue weighted by Gasteiger charge is -2.20. The van der Waals surface area contributed by atoms with Crippen molar-refractivity contribution in [2.75, 3.05) is 6.61 Å². The average molecular weight is 314 g/mol. The van der Waals surface area contributed by atoms with Crippen LogP contribution in [0, 0.1) is 6.92 Å². The Kier molecular flexibility index (Phi) is 3.90. The van der Waals surface area contributed by atoms with Crippen LogP contribution in [0.15, 0.2) is 34.7 Å². The highest BCUT2D eigenvalue weighted by Gasteiger charge is 2.41. The number of aryl methyl sites for hydroxylation is 1. The quantitative estimate of drug-likeness (QED) is 0.873. The number of carbonyl (C=O) groups is 2. The summed E-state index contributed by atoms with van der Waals surface area (Å²) in [6.07, 6.45) is 0.511. The van der Waals surface area contributed by atoms with Gasteiger partial charge in [-0.05, 0) is 26.0 Å². The molecule has 1 atom stereocenters. The number of nitrogens with zero attached hydrogens (tertiary/aromatic N) is 1. The van der Waals surface area contributed by atoms with Crippen molar-refractivity contribution in [3.05, 3.63) is 41.8 Å². The van der Waals surface area contributed by atoms with Crippen molar-refractivity contribution in [1.82, 2.24) is 10.3 Å². The van der Waals surface area contributed by atoms with E-state index in [1.54, 1.807) is 13.8 Å². The Morgan fingerprint density at radius 1 is 1.35 bits per heavy atom. The fraction of sp³-hybridized carbons (Fsp3) is 0.353. The number of oxazole rings is 1. The van der Waals surface area contributed by atoms with E-state index in [0.717, 1.165) is 5.56 Å². The van der Waals surface area contributed by atoms with Crippen molar-refractivity contribution >= 4 is 11.9 Å². The second-order valence-electron chi connectivity index (χ2n) is 5.84. The summed E-state index contributed by atoms with van der Waals surface area (Å²) in [5.41, 5.74) is 0.569. The van der Waals surface area contributed by atoms with Crippen LogP contribution in [0.25, 0.3) is 11.5 Å². The summed E-state index contributed by atoms with van der Waals surface area (Å²) < 4.78 is 10.6. The van der Waals surface area contributed by atoms with Gasteiger partial charge in [0.2, 0.25) is 11.8 Å². The van der Waals surface area contributed by atoms with Crippen LogP contribution in [-0.2, 0) is 20.7 Å². The van der Waals surface area contributed by atoms with Crippen molar-refractivity contribution in [2.24, 2.45) is 0 Å². The molecular formula is C17H18N2O4. The second kappa shape index (κ2) is 5.87. The molecule has 1 fully saturated rings. The molecule has 6 heteroatoms. The highest BCUT2D eigenvalue weighted by molar-refractivity contribution is 5.89. The van der Waals surface area contributed by atoms with Crippen molar-refractivity contribution in [1.29, 1.82) is 0 Å². The van der Waals surface area contributed by atoms with Gasteiger partial charge < -0.3 is 14.5 Å². The Hall–Kier alpha value is -2.63. The first kappa shape index (κ1) is 15.3. The maximum atomic E-state index is 12.2. The number of hydrogen-bond donors (Lipinski definition) is 1. The molecule has 2 aromatic rings. The molecule has 0 radical (unpaired) electrons. The predicted molar refractivity (Wildman–Crippen MR) is 82.5 cm³/mol. The van der Waals surface area contributed by atoms with Crippen LogP contribution in [0.2, 0.25) is 0 Å². The maximum Gasteiger partial charge on any atom is 0.331 e. The van der Waals surface area contributed by atoms with Crippen LogP contribution >= 0.6 is 0 Å². The Labute approximate surface area is 133 Å². The van der Waals surface area contributed by atoms with Crippen molar-refractivity contribution in [3.8, 4) is 11.5 Å². The van der Waals surface area contributed by atoms with E-state index >= 15 is 0 Å². The summed E-state index contributed by atoms with van der Waals surface area (Å²) >= 11 is 0. The van der Waals surface area contributed by atoms with Crippen LogP contribution < -0.4 is 5.32 Å². The highest BCUT2D eigenvalue weighted by atomic mass is 16.5. The molecule has 23 heavy (non-hydrogen) atoms. The standard InChI is InChI=1S/C17H18N2O4/c1-11-13(23-15(18-11)12-6-4-3-5-7-12)10-14(20)19-17(2)8-9-22-16(17)21/h3-7H,8-10H2,1-2H3,(H,19,20). The van der Waals surface area contributed by atoms with Gasteiger partial charge in [-0.2, -0.15) is 0 Å². The lowest BCUT2D eigenvalue weighted by atomic mass is 10.0. The first-order valence-electron chi connectivity index (χ1n) is 7.48. The number of benzene rings is 1. The van der Waals surface area contributed by atoms with Crippen LogP contribution in [0.1, 0.15) is 24.8 Å². The minimum absolute atomic E-state index is 0.0362. The maximum absolute atomic E-state index is 12.2. The molecule has 2 heterocycles. The molecule has 1 aliphatic heterocycles. The topological polar surface area (TPSA) is 81.4 Å². The fourth-order valence-electron chi connectivity index (χ4n) is 2.52. The third-order valence-electron chi connectivity index (χ3n) is 3.94. The molecule has 1 amide bonds. The average Bonchev–Trinajstić information content (AvgIpc) is 3.04. The summed E-state index contributed by atoms with van der Waals surface area (Å²) in [7, 11) is 0. The Bertz CT molecular complexity index is 738. The largest absolute Gasteiger partial charge is 0.464 e. The molecule has 1 aromatic heterocycles. The Balaban J connectivity index is 1.72. The zero-order valence-corrected chi connectivity index (χ0v) is 13.1. The molecule has 0 saturated carbocycles. The predicted octanol–water partition coefficient (Wildman–Crippen LogP) is 2.01. The number of ether oxygens (including phenoxy) is 1. The lowest BCUT2D eigenvalue weighted by molar-refractivity contribution is -0.145. The van der Waals surface area contributed by atoms with E-state index in [4.69, 9.17) is 9.15 Å². The number of hydrogen-bond acceptors (Lipinski definition) is 5. The van der Waals surface area contributed by atoms with Gasteiger partial charge in [0.15, 0.2) is 0 Å². The van der Waals surface area contributed by atoms with Crippen LogP contribution in [0.3, 0.4) is 0 Å². The third kappa shape index (κ3) is 3.11. The SMILES string of the molecule is Cc1nc(-c2ccccc2)oc1CC(=O)NC1(C)CCOC1=O. The summed E-state index contributed by atoms with van der Waals surface area (Å²) in [5, 5.41) is 2.73. The van der Waals surface area contributed by atoms with E-state index < -0.39 is 11.5 Å². The molecule has 1 N–H and O–H groups in total. The number of nitrogens with one attached hydrogen (secondary N) is 1. The molecule has 6 nitrogen and oxygen atoms in total. The van der Waals surface area contributed by atoms with E-state index in [0.29, 0.717) is 30.4 Å². The minimum atomic E-state index is -0.951. The third-order valence-corrected chi connectivity index (χ3v) is 3.94. The van der Waals surface area contributed by atoms with Gasteiger partial charge in [-0.1, -0.05) is 18.2 Å². The number of amides is 1. The fourth-order valence-corrected chi connectivity index (χ4v) is 2.52. The Morgan fingerprint density at radius 3 is 2.74 bits per heavy atom. The zero-order chi connectivity index (χ0) is 16.4. The Morgan fingerprint density at radius 2 is 2.09 bits per heavy atom. The van der Waals surface area contributed by atoms with Gasteiger partial charge >= 0.3 is 5.97 Å². The first-order chi connectivity index (χ1) is 11.0. The van der Waals surface area contributed by atoms with E-state index in [1.165, 1.54) is 0 Å². The van der Waals surface area contributed by atoms with Gasteiger partial charge in [-0.3, -0.25) is 4.79 Å². The van der Waals surface area contributed by atoms with E-state index in [9.17, 15) is 9.59 Å². The molecular weight excluding hydrogens is 296 g/mol. The van der Waals surface area contributed by atoms with Gasteiger partial charge in [-0.15, -0.1) is 0 Å². The van der Waals surface area contributed by atoms with Gasteiger partial charge in [0.25, 0.3) is 0 Å². The smallest absolute Gasteiger partial charge is 0.331 e. The molecule has 1 aromatic carbocycles. The zero-order valence-electron chi connectivity index (χ0n) is 13.1. The highest BCUT2D eigenvalue weighted by Crippen LogP contribution is 2.23. The van der Waals surface area contributed by atoms with E-state index in [1.807, 2.05) is 30.3 Å². The van der Waals surface area contributed by atoms with Crippen molar-refractivity contribution in [2.45, 2.75) is 32.2 Å². The summed E-state index contributed by atoms with van der Waals surface area (Å²) in [5.74, 6) is 0.295. The van der Waals surface area contributed by atoms with Gasteiger partial charge in [0.05, 0.1) is 18.7 Å². The number of rotatable bonds is 4. The van der Waals surface area contributed by atoms with E-state index in [-0.39, 0.29) is 12.3 Å².